The van der Waals surface area contributed by atoms with Crippen LogP contribution in [0.25, 0.3) is 0 Å². The number of hydrogen-bond donors (Lipinski definition) is 3. The minimum Gasteiger partial charge on any atom is -0.411 e. The van der Waals surface area contributed by atoms with E-state index >= 15 is 0 Å². The highest BCUT2D eigenvalue weighted by Crippen LogP contribution is 2.01. The molecule has 0 saturated carbocycles. The van der Waals surface area contributed by atoms with Crippen molar-refractivity contribution >= 4 is 5.71 Å². The molecular formula is C5H13N3O. The molecule has 0 spiro atoms. The van der Waals surface area contributed by atoms with Gasteiger partial charge in [0.1, 0.15) is 0 Å². The molecule has 0 amide bonds. The van der Waals surface area contributed by atoms with E-state index in [1.54, 1.807) is 6.92 Å². The van der Waals surface area contributed by atoms with Crippen LogP contribution in [0.1, 0.15) is 20.8 Å². The highest BCUT2D eigenvalue weighted by atomic mass is 16.4. The van der Waals surface area contributed by atoms with Crippen LogP contribution in [0.2, 0.25) is 0 Å². The minimum atomic E-state index is -0.422. The van der Waals surface area contributed by atoms with Gasteiger partial charge in [0, 0.05) is 0 Å². The van der Waals surface area contributed by atoms with Gasteiger partial charge in [0.05, 0.1) is 11.3 Å². The van der Waals surface area contributed by atoms with E-state index in [2.05, 4.69) is 10.6 Å². The van der Waals surface area contributed by atoms with E-state index in [0.717, 1.165) is 0 Å². The Morgan fingerprint density at radius 1 is 1.67 bits per heavy atom. The zero-order valence-corrected chi connectivity index (χ0v) is 5.97. The lowest BCUT2D eigenvalue weighted by Gasteiger charge is -2.21. The number of rotatable bonds is 2. The molecule has 0 atom stereocenters. The Balaban J connectivity index is 4.14. The standard InChI is InChI=1S/C5H13N3O/c1-4(7-9)5(2,3)8-6/h8-9H,6H2,1-3H3/b7-4+. The maximum absolute atomic E-state index is 8.29. The third-order valence-electron chi connectivity index (χ3n) is 1.42. The molecule has 0 rings (SSSR count). The van der Waals surface area contributed by atoms with E-state index in [0.29, 0.717) is 5.71 Å². The van der Waals surface area contributed by atoms with Crippen molar-refractivity contribution in [2.24, 2.45) is 11.0 Å². The number of hydrazine groups is 1. The smallest absolute Gasteiger partial charge is 0.0747 e. The molecule has 0 bridgehead atoms. The molecule has 0 heterocycles. The summed E-state index contributed by atoms with van der Waals surface area (Å²) in [5, 5.41) is 11.3. The summed E-state index contributed by atoms with van der Waals surface area (Å²) in [4.78, 5) is 0. The second-order valence-electron chi connectivity index (χ2n) is 2.45. The van der Waals surface area contributed by atoms with Crippen LogP contribution in [-0.2, 0) is 0 Å². The molecule has 0 aliphatic carbocycles. The Hall–Kier alpha value is -0.610. The van der Waals surface area contributed by atoms with E-state index in [1.165, 1.54) is 0 Å². The Morgan fingerprint density at radius 3 is 2.22 bits per heavy atom. The van der Waals surface area contributed by atoms with Gasteiger partial charge in [-0.15, -0.1) is 0 Å². The lowest BCUT2D eigenvalue weighted by Crippen LogP contribution is -2.49. The van der Waals surface area contributed by atoms with E-state index in [1.807, 2.05) is 13.8 Å². The van der Waals surface area contributed by atoms with Gasteiger partial charge >= 0.3 is 0 Å². The zero-order valence-electron chi connectivity index (χ0n) is 5.97. The van der Waals surface area contributed by atoms with Gasteiger partial charge < -0.3 is 5.21 Å². The first-order valence-electron chi connectivity index (χ1n) is 2.71. The van der Waals surface area contributed by atoms with Crippen molar-refractivity contribution in [1.82, 2.24) is 5.43 Å². The first kappa shape index (κ1) is 8.39. The summed E-state index contributed by atoms with van der Waals surface area (Å²) in [6.07, 6.45) is 0. The molecule has 0 aromatic carbocycles. The van der Waals surface area contributed by atoms with Crippen LogP contribution in [0.3, 0.4) is 0 Å². The van der Waals surface area contributed by atoms with Crippen molar-refractivity contribution in [3.63, 3.8) is 0 Å². The van der Waals surface area contributed by atoms with Gasteiger partial charge in [-0.05, 0) is 20.8 Å². The third-order valence-corrected chi connectivity index (χ3v) is 1.42. The van der Waals surface area contributed by atoms with Gasteiger partial charge in [-0.25, -0.2) is 5.43 Å². The molecule has 4 heteroatoms. The van der Waals surface area contributed by atoms with Crippen molar-refractivity contribution in [2.75, 3.05) is 0 Å². The maximum atomic E-state index is 8.29. The van der Waals surface area contributed by atoms with Gasteiger partial charge in [-0.3, -0.25) is 5.84 Å². The van der Waals surface area contributed by atoms with Crippen LogP contribution in [0.4, 0.5) is 0 Å². The summed E-state index contributed by atoms with van der Waals surface area (Å²) >= 11 is 0. The molecule has 0 fully saturated rings. The van der Waals surface area contributed by atoms with Crippen LogP contribution >= 0.6 is 0 Å². The number of oxime groups is 1. The minimum absolute atomic E-state index is 0.422. The van der Waals surface area contributed by atoms with Gasteiger partial charge in [-0.1, -0.05) is 5.16 Å². The van der Waals surface area contributed by atoms with E-state index in [9.17, 15) is 0 Å². The summed E-state index contributed by atoms with van der Waals surface area (Å²) in [5.74, 6) is 5.14. The van der Waals surface area contributed by atoms with Gasteiger partial charge in [0.25, 0.3) is 0 Å². The number of nitrogens with one attached hydrogen (secondary N) is 1. The summed E-state index contributed by atoms with van der Waals surface area (Å²) in [7, 11) is 0. The van der Waals surface area contributed by atoms with Crippen LogP contribution < -0.4 is 11.3 Å². The Kier molecular flexibility index (Phi) is 2.61. The molecule has 4 nitrogen and oxygen atoms in total. The molecule has 0 saturated heterocycles. The molecule has 9 heavy (non-hydrogen) atoms. The highest BCUT2D eigenvalue weighted by molar-refractivity contribution is 5.89. The average molecular weight is 131 g/mol. The predicted molar refractivity (Wildman–Crippen MR) is 36.3 cm³/mol. The van der Waals surface area contributed by atoms with Gasteiger partial charge in [-0.2, -0.15) is 0 Å². The van der Waals surface area contributed by atoms with Crippen molar-refractivity contribution < 1.29 is 5.21 Å². The van der Waals surface area contributed by atoms with Gasteiger partial charge in [0.2, 0.25) is 0 Å². The second kappa shape index (κ2) is 2.80. The molecule has 0 aliphatic heterocycles. The summed E-state index contributed by atoms with van der Waals surface area (Å²) in [6.45, 7) is 5.34. The lowest BCUT2D eigenvalue weighted by atomic mass is 10.0. The Morgan fingerprint density at radius 2 is 2.11 bits per heavy atom. The monoisotopic (exact) mass is 131 g/mol. The molecular weight excluding hydrogens is 118 g/mol. The Labute approximate surface area is 54.7 Å². The fourth-order valence-corrected chi connectivity index (χ4v) is 0.229. The molecule has 0 unspecified atom stereocenters. The number of nitrogens with zero attached hydrogens (tertiary/aromatic N) is 1. The summed E-state index contributed by atoms with van der Waals surface area (Å²) in [6, 6.07) is 0. The van der Waals surface area contributed by atoms with Crippen molar-refractivity contribution in [1.29, 1.82) is 0 Å². The summed E-state index contributed by atoms with van der Waals surface area (Å²) in [5.41, 5.74) is 2.64. The quantitative estimate of drug-likeness (QED) is 0.215. The van der Waals surface area contributed by atoms with Crippen LogP contribution in [0.15, 0.2) is 5.16 Å². The van der Waals surface area contributed by atoms with Crippen LogP contribution in [-0.4, -0.2) is 16.5 Å². The molecule has 4 N–H and O–H groups in total. The average Bonchev–Trinajstić information content (AvgIpc) is 1.86. The first-order chi connectivity index (χ1) is 4.04. The third kappa shape index (κ3) is 1.99. The first-order valence-corrected chi connectivity index (χ1v) is 2.71. The van der Waals surface area contributed by atoms with E-state index in [4.69, 9.17) is 11.0 Å². The highest BCUT2D eigenvalue weighted by Gasteiger charge is 2.19. The lowest BCUT2D eigenvalue weighted by molar-refractivity contribution is 0.311. The number of hydrogen-bond acceptors (Lipinski definition) is 4. The fourth-order valence-electron chi connectivity index (χ4n) is 0.229. The van der Waals surface area contributed by atoms with Crippen molar-refractivity contribution in [3.05, 3.63) is 0 Å². The second-order valence-corrected chi connectivity index (χ2v) is 2.45. The maximum Gasteiger partial charge on any atom is 0.0747 e. The molecule has 0 aliphatic rings. The molecule has 0 aromatic heterocycles. The molecule has 0 aromatic rings. The SMILES string of the molecule is C/C(=N\O)C(C)(C)NN. The summed E-state index contributed by atoms with van der Waals surface area (Å²) < 4.78 is 0. The zero-order chi connectivity index (χ0) is 7.49. The van der Waals surface area contributed by atoms with Crippen LogP contribution in [0, 0.1) is 0 Å². The van der Waals surface area contributed by atoms with Crippen molar-refractivity contribution in [2.45, 2.75) is 26.3 Å². The van der Waals surface area contributed by atoms with Crippen molar-refractivity contribution in [3.8, 4) is 0 Å². The predicted octanol–water partition coefficient (Wildman–Crippen LogP) is 0.0784. The fraction of sp³-hybridized carbons (Fsp3) is 0.800. The van der Waals surface area contributed by atoms with E-state index < -0.39 is 5.54 Å². The topological polar surface area (TPSA) is 70.6 Å². The largest absolute Gasteiger partial charge is 0.411 e. The number of nitrogens with two attached hydrogens (primary N) is 1. The molecule has 0 radical (unpaired) electrons. The molecule has 54 valence electrons. The Bertz CT molecular complexity index is 119. The van der Waals surface area contributed by atoms with Crippen LogP contribution in [0.5, 0.6) is 0 Å². The van der Waals surface area contributed by atoms with Gasteiger partial charge in [0.15, 0.2) is 0 Å². The normalized spacial score (nSPS) is 14.0. The van der Waals surface area contributed by atoms with E-state index in [-0.39, 0.29) is 0 Å².